The minimum Gasteiger partial charge on any atom is -0.353 e. The van der Waals surface area contributed by atoms with E-state index in [2.05, 4.69) is 5.32 Å². The largest absolute Gasteiger partial charge is 0.391 e. The van der Waals surface area contributed by atoms with E-state index in [1.165, 1.54) is 0 Å². The predicted octanol–water partition coefficient (Wildman–Crippen LogP) is 1.96. The molecule has 0 aromatic heterocycles. The first-order valence-corrected chi connectivity index (χ1v) is 5.90. The Morgan fingerprint density at radius 2 is 2.12 bits per heavy atom. The molecule has 3 nitrogen and oxygen atoms in total. The van der Waals surface area contributed by atoms with Crippen LogP contribution in [0.25, 0.3) is 0 Å². The van der Waals surface area contributed by atoms with Gasteiger partial charge in [0, 0.05) is 18.5 Å². The minimum atomic E-state index is -4.15. The number of hydrogen-bond acceptors (Lipinski definition) is 2. The number of nitrogens with one attached hydrogen (secondary N) is 1. The molecule has 0 heterocycles. The lowest BCUT2D eigenvalue weighted by atomic mass is 9.85. The maximum absolute atomic E-state index is 12.5. The van der Waals surface area contributed by atoms with E-state index < -0.39 is 12.1 Å². The maximum Gasteiger partial charge on any atom is 0.391 e. The van der Waals surface area contributed by atoms with Gasteiger partial charge in [-0.1, -0.05) is 6.42 Å². The van der Waals surface area contributed by atoms with Crippen molar-refractivity contribution in [2.75, 3.05) is 0 Å². The highest BCUT2D eigenvalue weighted by Crippen LogP contribution is 2.37. The molecule has 0 saturated heterocycles. The summed E-state index contributed by atoms with van der Waals surface area (Å²) in [5, 5.41) is 2.63. The van der Waals surface area contributed by atoms with Crippen molar-refractivity contribution in [1.29, 1.82) is 0 Å². The fourth-order valence-electron chi connectivity index (χ4n) is 2.20. The van der Waals surface area contributed by atoms with Crippen LogP contribution in [0.15, 0.2) is 0 Å². The first-order chi connectivity index (χ1) is 7.79. The van der Waals surface area contributed by atoms with Crippen molar-refractivity contribution in [3.05, 3.63) is 0 Å². The number of halogens is 3. The van der Waals surface area contributed by atoms with Crippen molar-refractivity contribution >= 4 is 5.91 Å². The zero-order valence-electron chi connectivity index (χ0n) is 9.89. The summed E-state index contributed by atoms with van der Waals surface area (Å²) in [7, 11) is 0. The number of nitrogens with two attached hydrogens (primary N) is 1. The predicted molar refractivity (Wildman–Crippen MR) is 58.2 cm³/mol. The first-order valence-electron chi connectivity index (χ1n) is 5.90. The van der Waals surface area contributed by atoms with Gasteiger partial charge in [0.2, 0.25) is 5.91 Å². The molecule has 0 spiro atoms. The van der Waals surface area contributed by atoms with E-state index in [0.29, 0.717) is 12.8 Å². The summed E-state index contributed by atoms with van der Waals surface area (Å²) < 4.78 is 37.6. The third kappa shape index (κ3) is 4.93. The highest BCUT2D eigenvalue weighted by molar-refractivity contribution is 5.76. The average molecular weight is 252 g/mol. The van der Waals surface area contributed by atoms with E-state index >= 15 is 0 Å². The van der Waals surface area contributed by atoms with Crippen LogP contribution < -0.4 is 11.1 Å². The maximum atomic E-state index is 12.5. The summed E-state index contributed by atoms with van der Waals surface area (Å²) in [5.74, 6) is -1.54. The van der Waals surface area contributed by atoms with Crippen LogP contribution in [0.3, 0.4) is 0 Å². The third-order valence-corrected chi connectivity index (χ3v) is 3.01. The van der Waals surface area contributed by atoms with Crippen LogP contribution in [0.2, 0.25) is 0 Å². The molecule has 1 saturated carbocycles. The van der Waals surface area contributed by atoms with E-state index in [9.17, 15) is 18.0 Å². The number of hydrogen-bond donors (Lipinski definition) is 2. The quantitative estimate of drug-likeness (QED) is 0.806. The van der Waals surface area contributed by atoms with E-state index in [1.54, 1.807) is 6.92 Å². The fraction of sp³-hybridized carbons (Fsp3) is 0.909. The van der Waals surface area contributed by atoms with Gasteiger partial charge in [0.25, 0.3) is 0 Å². The van der Waals surface area contributed by atoms with Crippen LogP contribution in [-0.4, -0.2) is 24.2 Å². The van der Waals surface area contributed by atoms with Gasteiger partial charge in [-0.3, -0.25) is 4.79 Å². The van der Waals surface area contributed by atoms with Gasteiger partial charge in [-0.25, -0.2) is 0 Å². The van der Waals surface area contributed by atoms with Crippen molar-refractivity contribution in [2.24, 2.45) is 11.7 Å². The van der Waals surface area contributed by atoms with Gasteiger partial charge >= 0.3 is 6.18 Å². The molecule has 0 aliphatic heterocycles. The monoisotopic (exact) mass is 252 g/mol. The number of amides is 1. The Hall–Kier alpha value is -0.780. The molecule has 100 valence electrons. The van der Waals surface area contributed by atoms with Gasteiger partial charge in [-0.2, -0.15) is 13.2 Å². The van der Waals surface area contributed by atoms with Gasteiger partial charge in [0.15, 0.2) is 0 Å². The van der Waals surface area contributed by atoms with E-state index in [1.807, 2.05) is 0 Å². The van der Waals surface area contributed by atoms with Crippen LogP contribution >= 0.6 is 0 Å². The highest BCUT2D eigenvalue weighted by Gasteiger charge is 2.42. The van der Waals surface area contributed by atoms with E-state index in [0.717, 1.165) is 0 Å². The topological polar surface area (TPSA) is 55.1 Å². The van der Waals surface area contributed by atoms with Gasteiger partial charge in [0.1, 0.15) is 0 Å². The summed E-state index contributed by atoms with van der Waals surface area (Å²) in [6.07, 6.45) is -2.69. The van der Waals surface area contributed by atoms with Crippen LogP contribution in [0, 0.1) is 5.92 Å². The molecule has 3 unspecified atom stereocenters. The van der Waals surface area contributed by atoms with Gasteiger partial charge in [-0.15, -0.1) is 0 Å². The summed E-state index contributed by atoms with van der Waals surface area (Å²) in [4.78, 5) is 11.4. The Balaban J connectivity index is 2.42. The van der Waals surface area contributed by atoms with E-state index in [4.69, 9.17) is 5.73 Å². The smallest absolute Gasteiger partial charge is 0.353 e. The van der Waals surface area contributed by atoms with E-state index in [-0.39, 0.29) is 37.3 Å². The normalized spacial score (nSPS) is 27.6. The van der Waals surface area contributed by atoms with Crippen molar-refractivity contribution in [2.45, 2.75) is 57.3 Å². The second-order valence-electron chi connectivity index (χ2n) is 4.85. The molecular formula is C11H19F3N2O. The van der Waals surface area contributed by atoms with Crippen molar-refractivity contribution in [1.82, 2.24) is 5.32 Å². The SMILES string of the molecule is CC(N)CC(=O)NC1CCCC(C(F)(F)F)C1. The Morgan fingerprint density at radius 1 is 1.47 bits per heavy atom. The summed E-state index contributed by atoms with van der Waals surface area (Å²) in [6.45, 7) is 1.69. The highest BCUT2D eigenvalue weighted by atomic mass is 19.4. The molecule has 0 aromatic carbocycles. The number of rotatable bonds is 3. The molecule has 1 fully saturated rings. The molecule has 1 rings (SSSR count). The van der Waals surface area contributed by atoms with Crippen molar-refractivity contribution in [3.63, 3.8) is 0 Å². The second kappa shape index (κ2) is 5.71. The molecule has 6 heteroatoms. The Labute approximate surface area is 98.9 Å². The Bertz CT molecular complexity index is 266. The summed E-state index contributed by atoms with van der Waals surface area (Å²) >= 11 is 0. The van der Waals surface area contributed by atoms with Crippen molar-refractivity contribution in [3.8, 4) is 0 Å². The molecule has 17 heavy (non-hydrogen) atoms. The summed E-state index contributed by atoms with van der Waals surface area (Å²) in [6, 6.07) is -0.626. The number of alkyl halides is 3. The Morgan fingerprint density at radius 3 is 2.65 bits per heavy atom. The van der Waals surface area contributed by atoms with Gasteiger partial charge in [0.05, 0.1) is 5.92 Å². The molecule has 0 bridgehead atoms. The zero-order valence-corrected chi connectivity index (χ0v) is 9.89. The molecule has 1 aliphatic rings. The molecule has 0 aromatic rings. The Kier molecular flexibility index (Phi) is 4.80. The lowest BCUT2D eigenvalue weighted by molar-refractivity contribution is -0.184. The number of carbonyl (C=O) groups is 1. The minimum absolute atomic E-state index is 0.00576. The molecule has 1 amide bonds. The zero-order chi connectivity index (χ0) is 13.1. The van der Waals surface area contributed by atoms with Crippen LogP contribution in [0.1, 0.15) is 39.0 Å². The lowest BCUT2D eigenvalue weighted by Crippen LogP contribution is -2.42. The summed E-state index contributed by atoms with van der Waals surface area (Å²) in [5.41, 5.74) is 5.45. The average Bonchev–Trinajstić information content (AvgIpc) is 2.15. The van der Waals surface area contributed by atoms with Crippen LogP contribution in [0.5, 0.6) is 0 Å². The lowest BCUT2D eigenvalue weighted by Gasteiger charge is -2.31. The van der Waals surface area contributed by atoms with Gasteiger partial charge in [-0.05, 0) is 26.2 Å². The molecule has 3 atom stereocenters. The first kappa shape index (κ1) is 14.3. The van der Waals surface area contributed by atoms with Crippen molar-refractivity contribution < 1.29 is 18.0 Å². The molecule has 3 N–H and O–H groups in total. The van der Waals surface area contributed by atoms with Gasteiger partial charge < -0.3 is 11.1 Å². The third-order valence-electron chi connectivity index (χ3n) is 3.01. The van der Waals surface area contributed by atoms with Crippen LogP contribution in [-0.2, 0) is 4.79 Å². The van der Waals surface area contributed by atoms with Crippen LogP contribution in [0.4, 0.5) is 13.2 Å². The fourth-order valence-corrected chi connectivity index (χ4v) is 2.20. The molecule has 1 aliphatic carbocycles. The molecule has 0 radical (unpaired) electrons. The number of carbonyl (C=O) groups excluding carboxylic acids is 1. The second-order valence-corrected chi connectivity index (χ2v) is 4.85. The standard InChI is InChI=1S/C11H19F3N2O/c1-7(15)5-10(17)16-9-4-2-3-8(6-9)11(12,13)14/h7-9H,2-6,15H2,1H3,(H,16,17). The molecular weight excluding hydrogens is 233 g/mol.